The summed E-state index contributed by atoms with van der Waals surface area (Å²) in [7, 11) is 0. The smallest absolute Gasteiger partial charge is 0.154 e. The lowest BCUT2D eigenvalue weighted by molar-refractivity contribution is -0.127. The quantitative estimate of drug-likeness (QED) is 0.421. The van der Waals surface area contributed by atoms with Crippen molar-refractivity contribution in [3.8, 4) is 0 Å². The Bertz CT molecular complexity index is 74.0. The van der Waals surface area contributed by atoms with E-state index in [2.05, 4.69) is 6.92 Å². The van der Waals surface area contributed by atoms with Crippen LogP contribution in [-0.2, 0) is 9.47 Å². The van der Waals surface area contributed by atoms with Gasteiger partial charge >= 0.3 is 0 Å². The first-order valence-electron chi connectivity index (χ1n) is 4.54. The SMILES string of the molecule is CCCCCOC(C)OCC. The second-order valence-corrected chi connectivity index (χ2v) is 2.60. The van der Waals surface area contributed by atoms with E-state index in [-0.39, 0.29) is 6.29 Å². The molecule has 0 bridgehead atoms. The molecule has 0 aromatic heterocycles. The van der Waals surface area contributed by atoms with Gasteiger partial charge in [0.25, 0.3) is 0 Å². The highest BCUT2D eigenvalue weighted by Crippen LogP contribution is 1.98. The van der Waals surface area contributed by atoms with Gasteiger partial charge in [-0.1, -0.05) is 19.8 Å². The van der Waals surface area contributed by atoms with Crippen LogP contribution in [0.3, 0.4) is 0 Å². The fourth-order valence-electron chi connectivity index (χ4n) is 0.884. The van der Waals surface area contributed by atoms with E-state index < -0.39 is 0 Å². The van der Waals surface area contributed by atoms with Gasteiger partial charge in [-0.25, -0.2) is 0 Å². The highest BCUT2D eigenvalue weighted by Gasteiger charge is 1.98. The Labute approximate surface area is 69.9 Å². The molecule has 2 nitrogen and oxygen atoms in total. The Morgan fingerprint density at radius 3 is 2.36 bits per heavy atom. The van der Waals surface area contributed by atoms with Crippen LogP contribution in [0.5, 0.6) is 0 Å². The summed E-state index contributed by atoms with van der Waals surface area (Å²) >= 11 is 0. The normalized spacial score (nSPS) is 13.4. The standard InChI is InChI=1S/C9H20O2/c1-4-6-7-8-11-9(3)10-5-2/h9H,4-8H2,1-3H3. The predicted octanol–water partition coefficient (Wildman–Crippen LogP) is 2.58. The minimum Gasteiger partial charge on any atom is -0.353 e. The van der Waals surface area contributed by atoms with Gasteiger partial charge in [0.05, 0.1) is 0 Å². The summed E-state index contributed by atoms with van der Waals surface area (Å²) in [6, 6.07) is 0. The van der Waals surface area contributed by atoms with Gasteiger partial charge in [-0.2, -0.15) is 0 Å². The van der Waals surface area contributed by atoms with Crippen molar-refractivity contribution < 1.29 is 9.47 Å². The molecule has 1 unspecified atom stereocenters. The van der Waals surface area contributed by atoms with Crippen LogP contribution in [0.2, 0.25) is 0 Å². The van der Waals surface area contributed by atoms with E-state index in [1.165, 1.54) is 12.8 Å². The lowest BCUT2D eigenvalue weighted by Crippen LogP contribution is -2.13. The molecule has 0 aliphatic heterocycles. The van der Waals surface area contributed by atoms with Crippen LogP contribution in [0, 0.1) is 0 Å². The average molecular weight is 160 g/mol. The number of hydrogen-bond acceptors (Lipinski definition) is 2. The molecule has 0 aromatic rings. The average Bonchev–Trinajstić information content (AvgIpc) is 1.99. The summed E-state index contributed by atoms with van der Waals surface area (Å²) in [5.74, 6) is 0. The van der Waals surface area contributed by atoms with E-state index in [0.717, 1.165) is 19.6 Å². The molecule has 0 radical (unpaired) electrons. The largest absolute Gasteiger partial charge is 0.353 e. The molecule has 68 valence electrons. The molecule has 0 rings (SSSR count). The zero-order valence-corrected chi connectivity index (χ0v) is 7.93. The van der Waals surface area contributed by atoms with Crippen molar-refractivity contribution in [2.45, 2.75) is 46.3 Å². The number of unbranched alkanes of at least 4 members (excludes halogenated alkanes) is 2. The van der Waals surface area contributed by atoms with Gasteiger partial charge < -0.3 is 9.47 Å². The second-order valence-electron chi connectivity index (χ2n) is 2.60. The first-order valence-corrected chi connectivity index (χ1v) is 4.54. The van der Waals surface area contributed by atoms with Gasteiger partial charge in [-0.15, -0.1) is 0 Å². The summed E-state index contributed by atoms with van der Waals surface area (Å²) in [5.41, 5.74) is 0. The molecular weight excluding hydrogens is 140 g/mol. The van der Waals surface area contributed by atoms with Gasteiger partial charge in [-0.05, 0) is 20.3 Å². The summed E-state index contributed by atoms with van der Waals surface area (Å²) in [6.45, 7) is 7.66. The monoisotopic (exact) mass is 160 g/mol. The molecule has 0 saturated heterocycles. The maximum atomic E-state index is 5.36. The predicted molar refractivity (Wildman–Crippen MR) is 46.6 cm³/mol. The van der Waals surface area contributed by atoms with E-state index in [1.54, 1.807) is 0 Å². The maximum absolute atomic E-state index is 5.36. The number of ether oxygens (including phenoxy) is 2. The van der Waals surface area contributed by atoms with Gasteiger partial charge in [0.15, 0.2) is 6.29 Å². The van der Waals surface area contributed by atoms with Crippen LogP contribution in [0.25, 0.3) is 0 Å². The molecule has 0 aromatic carbocycles. The Kier molecular flexibility index (Phi) is 7.96. The van der Waals surface area contributed by atoms with E-state index in [4.69, 9.17) is 9.47 Å². The summed E-state index contributed by atoms with van der Waals surface area (Å²) in [6.07, 6.45) is 3.61. The first kappa shape index (κ1) is 10.9. The van der Waals surface area contributed by atoms with Crippen LogP contribution < -0.4 is 0 Å². The highest BCUT2D eigenvalue weighted by atomic mass is 16.7. The Morgan fingerprint density at radius 1 is 1.09 bits per heavy atom. The first-order chi connectivity index (χ1) is 5.31. The fraction of sp³-hybridized carbons (Fsp3) is 1.00. The van der Waals surface area contributed by atoms with Crippen molar-refractivity contribution >= 4 is 0 Å². The van der Waals surface area contributed by atoms with Crippen LogP contribution in [-0.4, -0.2) is 19.5 Å². The molecule has 0 N–H and O–H groups in total. The van der Waals surface area contributed by atoms with Crippen LogP contribution in [0.15, 0.2) is 0 Å². The van der Waals surface area contributed by atoms with Gasteiger partial charge in [0, 0.05) is 13.2 Å². The van der Waals surface area contributed by atoms with Crippen LogP contribution in [0.1, 0.15) is 40.0 Å². The van der Waals surface area contributed by atoms with Crippen molar-refractivity contribution in [3.05, 3.63) is 0 Å². The van der Waals surface area contributed by atoms with Gasteiger partial charge in [-0.3, -0.25) is 0 Å². The Hall–Kier alpha value is -0.0800. The topological polar surface area (TPSA) is 18.5 Å². The lowest BCUT2D eigenvalue weighted by atomic mass is 10.3. The Balaban J connectivity index is 2.97. The summed E-state index contributed by atoms with van der Waals surface area (Å²) in [5, 5.41) is 0. The third-order valence-corrected chi connectivity index (χ3v) is 1.50. The minimum atomic E-state index is -0.0307. The van der Waals surface area contributed by atoms with Crippen molar-refractivity contribution in [1.82, 2.24) is 0 Å². The van der Waals surface area contributed by atoms with E-state index in [0.29, 0.717) is 0 Å². The third kappa shape index (κ3) is 7.82. The summed E-state index contributed by atoms with van der Waals surface area (Å²) in [4.78, 5) is 0. The number of rotatable bonds is 7. The molecule has 0 aliphatic rings. The molecule has 0 aliphatic carbocycles. The highest BCUT2D eigenvalue weighted by molar-refractivity contribution is 4.37. The van der Waals surface area contributed by atoms with Crippen molar-refractivity contribution in [2.75, 3.05) is 13.2 Å². The minimum absolute atomic E-state index is 0.0307. The van der Waals surface area contributed by atoms with Gasteiger partial charge in [0.1, 0.15) is 0 Å². The molecular formula is C9H20O2. The van der Waals surface area contributed by atoms with E-state index in [1.807, 2.05) is 13.8 Å². The lowest BCUT2D eigenvalue weighted by Gasteiger charge is -2.11. The molecule has 0 spiro atoms. The van der Waals surface area contributed by atoms with Crippen molar-refractivity contribution in [3.63, 3.8) is 0 Å². The van der Waals surface area contributed by atoms with Crippen molar-refractivity contribution in [1.29, 1.82) is 0 Å². The summed E-state index contributed by atoms with van der Waals surface area (Å²) < 4.78 is 10.6. The zero-order chi connectivity index (χ0) is 8.53. The van der Waals surface area contributed by atoms with Crippen LogP contribution in [0.4, 0.5) is 0 Å². The molecule has 2 heteroatoms. The van der Waals surface area contributed by atoms with E-state index in [9.17, 15) is 0 Å². The maximum Gasteiger partial charge on any atom is 0.154 e. The molecule has 0 fully saturated rings. The molecule has 0 heterocycles. The third-order valence-electron chi connectivity index (χ3n) is 1.50. The zero-order valence-electron chi connectivity index (χ0n) is 7.93. The molecule has 0 saturated carbocycles. The number of hydrogen-bond donors (Lipinski definition) is 0. The molecule has 11 heavy (non-hydrogen) atoms. The molecule has 1 atom stereocenters. The molecule has 0 amide bonds. The second kappa shape index (κ2) is 8.02. The van der Waals surface area contributed by atoms with E-state index >= 15 is 0 Å². The van der Waals surface area contributed by atoms with Gasteiger partial charge in [0.2, 0.25) is 0 Å². The van der Waals surface area contributed by atoms with Crippen molar-refractivity contribution in [2.24, 2.45) is 0 Å². The van der Waals surface area contributed by atoms with Crippen LogP contribution >= 0.6 is 0 Å². The fourth-order valence-corrected chi connectivity index (χ4v) is 0.884. The Morgan fingerprint density at radius 2 is 1.82 bits per heavy atom.